The minimum atomic E-state index is -2.79. The maximum atomic E-state index is 14.5. The van der Waals surface area contributed by atoms with Crippen molar-refractivity contribution < 1.29 is 67.0 Å². The summed E-state index contributed by atoms with van der Waals surface area (Å²) in [5, 5.41) is 23.5. The van der Waals surface area contributed by atoms with Crippen LogP contribution in [0, 0.1) is 35.5 Å². The Morgan fingerprint density at radius 2 is 1.57 bits per heavy atom. The van der Waals surface area contributed by atoms with Crippen molar-refractivity contribution in [3.8, 4) is 0 Å². The van der Waals surface area contributed by atoms with Crippen LogP contribution >= 0.6 is 7.37 Å². The molecule has 1 saturated carbocycles. The van der Waals surface area contributed by atoms with E-state index in [9.17, 15) is 38.8 Å². The van der Waals surface area contributed by atoms with E-state index in [1.54, 1.807) is 54.4 Å². The number of piperidine rings is 1. The molecule has 1 amide bonds. The van der Waals surface area contributed by atoms with E-state index in [1.807, 2.05) is 58.1 Å². The standard InChI is InChI=1S/C53H84NO14P/c1-32-18-14-13-15-19-33(2)44(63-8)30-40-23-21-38(7)53(61,67-40)50(58)51(59)54-25-17-16-20-41(54)52(60)66-45(35(4)28-39-22-24-43(46(29-39)64-9)68-69(11,12)62)31-42(55)34(3)27-37(6)48(57)49(65-10)47(56)36(5)26-32/h13-15,18-19,27,32,34-36,38-41,43-46,48-49,57,61H,16-17,20-26,28-31H2,1-12H3/b15-13+,18-14+,33-19+,37-27+/t32-,34-,35?,36-,38-,39+,40+,41+,43-,44+,45?,46-,48-,49+,53-/m1/s1. The van der Waals surface area contributed by atoms with Gasteiger partial charge in [0.05, 0.1) is 24.4 Å². The van der Waals surface area contributed by atoms with Crippen molar-refractivity contribution in [3.63, 3.8) is 0 Å². The highest BCUT2D eigenvalue weighted by Crippen LogP contribution is 2.45. The molecule has 390 valence electrons. The third-order valence-corrected chi connectivity index (χ3v) is 15.6. The largest absolute Gasteiger partial charge is 0.460 e. The molecule has 2 saturated heterocycles. The number of hydrogen-bond donors (Lipinski definition) is 2. The molecule has 15 nitrogen and oxygen atoms in total. The lowest BCUT2D eigenvalue weighted by atomic mass is 9.78. The molecule has 3 fully saturated rings. The molecule has 2 unspecified atom stereocenters. The van der Waals surface area contributed by atoms with Gasteiger partial charge in [0.2, 0.25) is 5.79 Å². The van der Waals surface area contributed by atoms with Crippen LogP contribution in [0.3, 0.4) is 0 Å². The molecule has 4 rings (SSSR count). The van der Waals surface area contributed by atoms with Crippen molar-refractivity contribution in [1.82, 2.24) is 4.90 Å². The predicted octanol–water partition coefficient (Wildman–Crippen LogP) is 7.74. The Morgan fingerprint density at radius 3 is 2.22 bits per heavy atom. The Hall–Kier alpha value is -3.14. The number of allylic oxidation sites excluding steroid dienone is 6. The van der Waals surface area contributed by atoms with Crippen molar-refractivity contribution in [1.29, 1.82) is 0 Å². The number of carbonyl (C=O) groups is 5. The first-order valence-electron chi connectivity index (χ1n) is 25.2. The van der Waals surface area contributed by atoms with Crippen LogP contribution in [0.15, 0.2) is 47.6 Å². The van der Waals surface area contributed by atoms with E-state index in [4.69, 9.17) is 28.2 Å². The normalized spacial score (nSPS) is 39.0. The van der Waals surface area contributed by atoms with Gasteiger partial charge in [-0.2, -0.15) is 0 Å². The minimum Gasteiger partial charge on any atom is -0.460 e. The highest BCUT2D eigenvalue weighted by molar-refractivity contribution is 7.57. The van der Waals surface area contributed by atoms with Crippen LogP contribution in [0.1, 0.15) is 126 Å². The highest BCUT2D eigenvalue weighted by atomic mass is 31.2. The first kappa shape index (κ1) is 58.4. The number of rotatable bonds is 8. The van der Waals surface area contributed by atoms with Gasteiger partial charge < -0.3 is 43.3 Å². The molecule has 69 heavy (non-hydrogen) atoms. The smallest absolute Gasteiger partial charge is 0.329 e. The summed E-state index contributed by atoms with van der Waals surface area (Å²) in [5.41, 5.74) is 1.25. The predicted molar refractivity (Wildman–Crippen MR) is 263 cm³/mol. The highest BCUT2D eigenvalue weighted by Gasteiger charge is 2.53. The SMILES string of the molecule is CO[C@H]1C[C@@H]2CC[C@@H](C)[C@@](O)(O2)C(=O)C(=O)N2CCCC[C@H]2C(=O)OC(C(C)C[C@@H]2CC[C@@H](OP(C)(C)=O)[C@H](OC)C2)CC(=O)[C@H](C)/C=C(\C)[C@@H](O)[C@@H](OC)C(=O)[C@H](C)C[C@H](C)/C=C/C=C/C=C/1C. The zero-order valence-corrected chi connectivity index (χ0v) is 44.3. The second-order valence-corrected chi connectivity index (χ2v) is 23.6. The summed E-state index contributed by atoms with van der Waals surface area (Å²) in [6.07, 6.45) is 11.4. The van der Waals surface area contributed by atoms with Gasteiger partial charge in [-0.15, -0.1) is 0 Å². The number of ketones is 3. The molecule has 4 aliphatic rings. The molecule has 0 radical (unpaired) electrons. The van der Waals surface area contributed by atoms with Gasteiger partial charge in [0.15, 0.2) is 13.2 Å². The average Bonchev–Trinajstić information content (AvgIpc) is 3.30. The van der Waals surface area contributed by atoms with Gasteiger partial charge in [0, 0.05) is 71.8 Å². The Bertz CT molecular complexity index is 1940. The number of cyclic esters (lactones) is 1. The quantitative estimate of drug-likeness (QED) is 0.104. The Balaban J connectivity index is 1.70. The summed E-state index contributed by atoms with van der Waals surface area (Å²) in [4.78, 5) is 72.2. The molecule has 2 bridgehead atoms. The van der Waals surface area contributed by atoms with Gasteiger partial charge in [-0.3, -0.25) is 23.7 Å². The maximum Gasteiger partial charge on any atom is 0.329 e. The average molecular weight is 990 g/mol. The first-order chi connectivity index (χ1) is 32.4. The Labute approximate surface area is 411 Å². The number of methoxy groups -OCH3 is 3. The number of aliphatic hydroxyl groups is 2. The number of aliphatic hydroxyl groups excluding tert-OH is 1. The van der Waals surface area contributed by atoms with Crippen LogP contribution in [-0.4, -0.2) is 140 Å². The van der Waals surface area contributed by atoms with Crippen molar-refractivity contribution in [2.75, 3.05) is 41.2 Å². The second kappa shape index (κ2) is 26.5. The first-order valence-corrected chi connectivity index (χ1v) is 27.7. The van der Waals surface area contributed by atoms with Crippen LogP contribution in [-0.2, 0) is 56.7 Å². The van der Waals surface area contributed by atoms with E-state index < -0.39 is 85.1 Å². The van der Waals surface area contributed by atoms with Crippen LogP contribution in [0.25, 0.3) is 0 Å². The number of ether oxygens (including phenoxy) is 5. The molecule has 3 aliphatic heterocycles. The Morgan fingerprint density at radius 1 is 0.855 bits per heavy atom. The van der Waals surface area contributed by atoms with Crippen molar-refractivity contribution in [2.45, 2.75) is 180 Å². The Kier molecular flexibility index (Phi) is 22.5. The van der Waals surface area contributed by atoms with Gasteiger partial charge in [-0.05, 0) is 107 Å². The molecule has 0 aromatic rings. The third kappa shape index (κ3) is 16.2. The fraction of sp³-hybridized carbons (Fsp3) is 0.755. The van der Waals surface area contributed by atoms with E-state index >= 15 is 0 Å². The van der Waals surface area contributed by atoms with Crippen LogP contribution < -0.4 is 0 Å². The van der Waals surface area contributed by atoms with Gasteiger partial charge >= 0.3 is 5.97 Å². The lowest BCUT2D eigenvalue weighted by Crippen LogP contribution is -2.61. The lowest BCUT2D eigenvalue weighted by molar-refractivity contribution is -0.265. The molecular formula is C53H84NO14P. The fourth-order valence-corrected chi connectivity index (χ4v) is 11.4. The number of fused-ring (bicyclic) bond motifs is 3. The number of carbonyl (C=O) groups excluding carboxylic acids is 5. The van der Waals surface area contributed by atoms with E-state index in [0.29, 0.717) is 63.4 Å². The van der Waals surface area contributed by atoms with E-state index in [0.717, 1.165) is 12.0 Å². The van der Waals surface area contributed by atoms with Gasteiger partial charge in [0.1, 0.15) is 30.1 Å². The third-order valence-electron chi connectivity index (χ3n) is 14.8. The van der Waals surface area contributed by atoms with E-state index in [1.165, 1.54) is 12.0 Å². The summed E-state index contributed by atoms with van der Waals surface area (Å²) < 4.78 is 48.2. The number of Topliss-reactive ketones (excluding diaryl/α,β-unsaturated/α-hetero) is 3. The second-order valence-electron chi connectivity index (χ2n) is 20.9. The lowest BCUT2D eigenvalue weighted by Gasteiger charge is -2.42. The molecule has 1 aliphatic carbocycles. The van der Waals surface area contributed by atoms with Gasteiger partial charge in [-0.25, -0.2) is 4.79 Å². The molecule has 15 atom stereocenters. The molecule has 0 aromatic carbocycles. The van der Waals surface area contributed by atoms with E-state index in [-0.39, 0.29) is 60.9 Å². The van der Waals surface area contributed by atoms with Crippen LogP contribution in [0.2, 0.25) is 0 Å². The van der Waals surface area contributed by atoms with Gasteiger partial charge in [-0.1, -0.05) is 71.1 Å². The maximum absolute atomic E-state index is 14.5. The van der Waals surface area contributed by atoms with Crippen molar-refractivity contribution >= 4 is 36.6 Å². The molecule has 0 spiro atoms. The minimum absolute atomic E-state index is 0.0117. The van der Waals surface area contributed by atoms with Crippen LogP contribution in [0.5, 0.6) is 0 Å². The summed E-state index contributed by atoms with van der Waals surface area (Å²) in [6, 6.07) is -1.16. The van der Waals surface area contributed by atoms with Crippen LogP contribution in [0.4, 0.5) is 0 Å². The number of amides is 1. The molecular weight excluding hydrogens is 906 g/mol. The molecule has 3 heterocycles. The summed E-state index contributed by atoms with van der Waals surface area (Å²) in [7, 11) is 1.76. The van der Waals surface area contributed by atoms with E-state index in [2.05, 4.69) is 0 Å². The zero-order valence-electron chi connectivity index (χ0n) is 43.4. The summed E-state index contributed by atoms with van der Waals surface area (Å²) in [5.74, 6) is -8.11. The topological polar surface area (TPSA) is 201 Å². The monoisotopic (exact) mass is 990 g/mol. The molecule has 2 N–H and O–H groups in total. The molecule has 16 heteroatoms. The van der Waals surface area contributed by atoms with Crippen molar-refractivity contribution in [3.05, 3.63) is 47.6 Å². The number of hydrogen-bond acceptors (Lipinski definition) is 14. The molecule has 0 aromatic heterocycles. The van der Waals surface area contributed by atoms with Gasteiger partial charge in [0.25, 0.3) is 11.7 Å². The zero-order chi connectivity index (χ0) is 51.4. The number of nitrogens with zero attached hydrogens (tertiary/aromatic N) is 1. The summed E-state index contributed by atoms with van der Waals surface area (Å²) >= 11 is 0. The number of esters is 1. The fourth-order valence-electron chi connectivity index (χ4n) is 10.5. The van der Waals surface area contributed by atoms with Crippen molar-refractivity contribution in [2.24, 2.45) is 35.5 Å². The summed E-state index contributed by atoms with van der Waals surface area (Å²) in [6.45, 7) is 15.9.